The summed E-state index contributed by atoms with van der Waals surface area (Å²) in [5.74, 6) is 0.641. The monoisotopic (exact) mass is 453 g/mol. The van der Waals surface area contributed by atoms with Crippen LogP contribution in [0, 0.1) is 5.41 Å². The summed E-state index contributed by atoms with van der Waals surface area (Å²) in [7, 11) is 0. The van der Waals surface area contributed by atoms with Gasteiger partial charge in [-0.15, -0.1) is 0 Å². The fourth-order valence-electron chi connectivity index (χ4n) is 4.84. The minimum absolute atomic E-state index is 0.235. The van der Waals surface area contributed by atoms with Gasteiger partial charge in [0.15, 0.2) is 0 Å². The number of amidine groups is 1. The molecule has 1 saturated heterocycles. The molecule has 0 aromatic heterocycles. The molecule has 1 aliphatic rings. The third kappa shape index (κ3) is 4.66. The molecule has 0 bridgehead atoms. The molecular weight excluding hydrogens is 426 g/mol. The first-order chi connectivity index (χ1) is 16.2. The van der Waals surface area contributed by atoms with Gasteiger partial charge in [-0.3, -0.25) is 10.3 Å². The van der Waals surface area contributed by atoms with Crippen LogP contribution in [0.4, 0.5) is 0 Å². The van der Waals surface area contributed by atoms with E-state index in [2.05, 4.69) is 94.7 Å². The van der Waals surface area contributed by atoms with Crippen LogP contribution >= 0.6 is 11.6 Å². The number of hydrogen-bond donors (Lipinski definition) is 1. The Bertz CT molecular complexity index is 1190. The standard InChI is InChI=1S/C29H28ClN3/c30-28-25(16-15-22-9-7-8-14-26(22)28)21-27(31)32-17-19-33(20-18-32)29(23-10-3-1-4-11-23)24-12-5-2-6-13-24/h1-16,29,31H,17-21H2. The van der Waals surface area contributed by atoms with Gasteiger partial charge in [-0.1, -0.05) is 109 Å². The summed E-state index contributed by atoms with van der Waals surface area (Å²) in [6, 6.07) is 34.0. The highest BCUT2D eigenvalue weighted by molar-refractivity contribution is 6.36. The number of rotatable bonds is 5. The molecule has 1 fully saturated rings. The van der Waals surface area contributed by atoms with E-state index in [0.717, 1.165) is 47.5 Å². The molecule has 166 valence electrons. The molecule has 4 aromatic carbocycles. The second kappa shape index (κ2) is 9.78. The third-order valence-electron chi connectivity index (χ3n) is 6.59. The molecule has 0 amide bonds. The maximum Gasteiger partial charge on any atom is 0.100 e. The average molecular weight is 454 g/mol. The molecule has 0 aliphatic carbocycles. The zero-order valence-electron chi connectivity index (χ0n) is 18.6. The van der Waals surface area contributed by atoms with E-state index in [1.54, 1.807) is 0 Å². The average Bonchev–Trinajstić information content (AvgIpc) is 2.88. The summed E-state index contributed by atoms with van der Waals surface area (Å²) >= 11 is 6.70. The van der Waals surface area contributed by atoms with Crippen molar-refractivity contribution in [2.75, 3.05) is 26.2 Å². The third-order valence-corrected chi connectivity index (χ3v) is 7.04. The van der Waals surface area contributed by atoms with Crippen LogP contribution in [-0.2, 0) is 6.42 Å². The highest BCUT2D eigenvalue weighted by Crippen LogP contribution is 2.30. The molecule has 1 N–H and O–H groups in total. The minimum atomic E-state index is 0.235. The van der Waals surface area contributed by atoms with E-state index >= 15 is 0 Å². The van der Waals surface area contributed by atoms with Crippen molar-refractivity contribution in [3.8, 4) is 0 Å². The van der Waals surface area contributed by atoms with Gasteiger partial charge in [0.2, 0.25) is 0 Å². The van der Waals surface area contributed by atoms with Crippen LogP contribution in [0.5, 0.6) is 0 Å². The maximum atomic E-state index is 8.78. The lowest BCUT2D eigenvalue weighted by Crippen LogP contribution is -2.50. The number of piperazine rings is 1. The Hall–Kier alpha value is -3.14. The number of benzene rings is 4. The van der Waals surface area contributed by atoms with E-state index in [4.69, 9.17) is 17.0 Å². The molecule has 0 radical (unpaired) electrons. The smallest absolute Gasteiger partial charge is 0.100 e. The first-order valence-electron chi connectivity index (χ1n) is 11.5. The van der Waals surface area contributed by atoms with Crippen LogP contribution in [0.3, 0.4) is 0 Å². The Morgan fingerprint density at radius 1 is 0.727 bits per heavy atom. The lowest BCUT2D eigenvalue weighted by Gasteiger charge is -2.40. The molecule has 0 spiro atoms. The predicted molar refractivity (Wildman–Crippen MR) is 138 cm³/mol. The van der Waals surface area contributed by atoms with Crippen LogP contribution in [0.25, 0.3) is 10.8 Å². The van der Waals surface area contributed by atoms with Gasteiger partial charge in [0.25, 0.3) is 0 Å². The van der Waals surface area contributed by atoms with Crippen LogP contribution in [0.2, 0.25) is 5.02 Å². The van der Waals surface area contributed by atoms with Gasteiger partial charge in [0, 0.05) is 38.0 Å². The minimum Gasteiger partial charge on any atom is -0.358 e. The lowest BCUT2D eigenvalue weighted by molar-refractivity contribution is 0.149. The molecule has 0 atom stereocenters. The van der Waals surface area contributed by atoms with Gasteiger partial charge >= 0.3 is 0 Å². The Balaban J connectivity index is 1.29. The van der Waals surface area contributed by atoms with Crippen molar-refractivity contribution in [1.29, 1.82) is 5.41 Å². The van der Waals surface area contributed by atoms with Crippen molar-refractivity contribution >= 4 is 28.2 Å². The SMILES string of the molecule is N=C(Cc1ccc2ccccc2c1Cl)N1CCN(C(c2ccccc2)c2ccccc2)CC1. The van der Waals surface area contributed by atoms with Gasteiger partial charge in [0.05, 0.1) is 11.1 Å². The van der Waals surface area contributed by atoms with E-state index in [1.807, 2.05) is 12.1 Å². The second-order valence-corrected chi connectivity index (χ2v) is 9.01. The maximum absolute atomic E-state index is 8.78. The highest BCUT2D eigenvalue weighted by atomic mass is 35.5. The quantitative estimate of drug-likeness (QED) is 0.279. The van der Waals surface area contributed by atoms with E-state index in [0.29, 0.717) is 12.3 Å². The lowest BCUT2D eigenvalue weighted by atomic mass is 9.96. The first kappa shape index (κ1) is 21.7. The molecular formula is C29H28ClN3. The van der Waals surface area contributed by atoms with Gasteiger partial charge < -0.3 is 4.90 Å². The molecule has 1 aliphatic heterocycles. The first-order valence-corrected chi connectivity index (χ1v) is 11.9. The number of nitrogens with one attached hydrogen (secondary N) is 1. The van der Waals surface area contributed by atoms with Crippen molar-refractivity contribution in [3.05, 3.63) is 119 Å². The van der Waals surface area contributed by atoms with Crippen molar-refractivity contribution in [3.63, 3.8) is 0 Å². The number of hydrogen-bond acceptors (Lipinski definition) is 2. The molecule has 4 aromatic rings. The Kier molecular flexibility index (Phi) is 6.43. The van der Waals surface area contributed by atoms with Gasteiger partial charge in [0.1, 0.15) is 5.84 Å². The predicted octanol–water partition coefficient (Wildman–Crippen LogP) is 6.42. The topological polar surface area (TPSA) is 30.3 Å². The second-order valence-electron chi connectivity index (χ2n) is 8.63. The Morgan fingerprint density at radius 2 is 1.30 bits per heavy atom. The van der Waals surface area contributed by atoms with Crippen LogP contribution < -0.4 is 0 Å². The zero-order valence-corrected chi connectivity index (χ0v) is 19.4. The van der Waals surface area contributed by atoms with Crippen LogP contribution in [-0.4, -0.2) is 41.8 Å². The van der Waals surface area contributed by atoms with Crippen LogP contribution in [0.1, 0.15) is 22.7 Å². The normalized spacial score (nSPS) is 14.7. The fourth-order valence-corrected chi connectivity index (χ4v) is 5.14. The summed E-state index contributed by atoms with van der Waals surface area (Å²) < 4.78 is 0. The van der Waals surface area contributed by atoms with Gasteiger partial charge in [-0.2, -0.15) is 0 Å². The molecule has 1 heterocycles. The summed E-state index contributed by atoms with van der Waals surface area (Å²) in [5.41, 5.74) is 3.65. The Labute approximate surface area is 200 Å². The van der Waals surface area contributed by atoms with Crippen molar-refractivity contribution in [2.45, 2.75) is 12.5 Å². The van der Waals surface area contributed by atoms with E-state index in [-0.39, 0.29) is 6.04 Å². The number of halogens is 1. The van der Waals surface area contributed by atoms with Crippen molar-refractivity contribution < 1.29 is 0 Å². The molecule has 0 saturated carbocycles. The summed E-state index contributed by atoms with van der Waals surface area (Å²) in [5, 5.41) is 11.7. The zero-order chi connectivity index (χ0) is 22.6. The van der Waals surface area contributed by atoms with Gasteiger partial charge in [-0.05, 0) is 22.1 Å². The van der Waals surface area contributed by atoms with Crippen molar-refractivity contribution in [1.82, 2.24) is 9.80 Å². The Morgan fingerprint density at radius 3 is 1.94 bits per heavy atom. The van der Waals surface area contributed by atoms with E-state index < -0.39 is 0 Å². The van der Waals surface area contributed by atoms with Crippen molar-refractivity contribution in [2.24, 2.45) is 0 Å². The largest absolute Gasteiger partial charge is 0.358 e. The highest BCUT2D eigenvalue weighted by Gasteiger charge is 2.27. The molecule has 4 heteroatoms. The van der Waals surface area contributed by atoms with Gasteiger partial charge in [-0.25, -0.2) is 0 Å². The van der Waals surface area contributed by atoms with Crippen LogP contribution in [0.15, 0.2) is 97.1 Å². The molecule has 3 nitrogen and oxygen atoms in total. The molecule has 33 heavy (non-hydrogen) atoms. The number of fused-ring (bicyclic) bond motifs is 1. The molecule has 5 rings (SSSR count). The summed E-state index contributed by atoms with van der Waals surface area (Å²) in [6.07, 6.45) is 0.560. The summed E-state index contributed by atoms with van der Waals surface area (Å²) in [6.45, 7) is 3.53. The van der Waals surface area contributed by atoms with E-state index in [9.17, 15) is 0 Å². The molecule has 0 unspecified atom stereocenters. The van der Waals surface area contributed by atoms with E-state index in [1.165, 1.54) is 11.1 Å². The summed E-state index contributed by atoms with van der Waals surface area (Å²) in [4.78, 5) is 4.74. The number of nitrogens with zero attached hydrogens (tertiary/aromatic N) is 2. The fraction of sp³-hybridized carbons (Fsp3) is 0.207.